The molecule has 0 spiro atoms. The number of unbranched alkanes of at least 4 members (excludes halogenated alkanes) is 3. The number of benzene rings is 2. The maximum atomic E-state index is 5.97. The van der Waals surface area contributed by atoms with Gasteiger partial charge in [0.15, 0.2) is 0 Å². The molecule has 1 nitrogen and oxygen atoms in total. The third kappa shape index (κ3) is 5.74. The normalized spacial score (nSPS) is 11.4. The number of hydrogen-bond donors (Lipinski definition) is 0. The smallest absolute Gasteiger partial charge is 0.120 e. The van der Waals surface area contributed by atoms with E-state index in [-0.39, 0.29) is 5.41 Å². The van der Waals surface area contributed by atoms with Crippen molar-refractivity contribution < 1.29 is 4.74 Å². The van der Waals surface area contributed by atoms with Crippen LogP contribution in [0.25, 0.3) is 0 Å². The summed E-state index contributed by atoms with van der Waals surface area (Å²) in [6, 6.07) is 18.9. The SMILES string of the molecule is CCCCCCC(C)(C)c1cccc(OCc2ccccc2)c1. The number of rotatable bonds is 9. The lowest BCUT2D eigenvalue weighted by molar-refractivity contribution is 0.305. The minimum Gasteiger partial charge on any atom is -0.489 e. The molecule has 2 aromatic rings. The Morgan fingerprint density at radius 1 is 0.870 bits per heavy atom. The third-order valence-electron chi connectivity index (χ3n) is 4.52. The molecule has 0 unspecified atom stereocenters. The van der Waals surface area contributed by atoms with Crippen LogP contribution >= 0.6 is 0 Å². The Bertz CT molecular complexity index is 572. The van der Waals surface area contributed by atoms with Crippen LogP contribution < -0.4 is 4.74 Å². The summed E-state index contributed by atoms with van der Waals surface area (Å²) in [6.45, 7) is 7.57. The standard InChI is InChI=1S/C22H30O/c1-4-5-6-10-16-22(2,3)20-14-11-15-21(17-20)23-18-19-12-8-7-9-13-19/h7-9,11-15,17H,4-6,10,16,18H2,1-3H3. The molecule has 0 atom stereocenters. The lowest BCUT2D eigenvalue weighted by Crippen LogP contribution is -2.17. The van der Waals surface area contributed by atoms with Crippen molar-refractivity contribution in [3.05, 3.63) is 65.7 Å². The van der Waals surface area contributed by atoms with Crippen LogP contribution in [-0.2, 0) is 12.0 Å². The fourth-order valence-corrected chi connectivity index (χ4v) is 2.89. The molecule has 0 saturated carbocycles. The van der Waals surface area contributed by atoms with Crippen LogP contribution in [0.5, 0.6) is 5.75 Å². The topological polar surface area (TPSA) is 9.23 Å². The van der Waals surface area contributed by atoms with Crippen molar-refractivity contribution >= 4 is 0 Å². The van der Waals surface area contributed by atoms with Gasteiger partial charge in [0, 0.05) is 0 Å². The van der Waals surface area contributed by atoms with Crippen LogP contribution in [0.4, 0.5) is 0 Å². The summed E-state index contributed by atoms with van der Waals surface area (Å²) in [5, 5.41) is 0. The van der Waals surface area contributed by atoms with E-state index in [4.69, 9.17) is 4.74 Å². The molecule has 0 saturated heterocycles. The van der Waals surface area contributed by atoms with E-state index in [1.807, 2.05) is 6.07 Å². The summed E-state index contributed by atoms with van der Waals surface area (Å²) < 4.78 is 5.97. The Morgan fingerprint density at radius 3 is 2.39 bits per heavy atom. The Balaban J connectivity index is 1.95. The highest BCUT2D eigenvalue weighted by molar-refractivity contribution is 5.33. The van der Waals surface area contributed by atoms with E-state index in [1.165, 1.54) is 43.2 Å². The average Bonchev–Trinajstić information content (AvgIpc) is 2.58. The quantitative estimate of drug-likeness (QED) is 0.479. The minimum atomic E-state index is 0.208. The molecule has 124 valence electrons. The van der Waals surface area contributed by atoms with Gasteiger partial charge in [-0.15, -0.1) is 0 Å². The fourth-order valence-electron chi connectivity index (χ4n) is 2.89. The van der Waals surface area contributed by atoms with Gasteiger partial charge in [-0.25, -0.2) is 0 Å². The van der Waals surface area contributed by atoms with E-state index in [0.717, 1.165) is 5.75 Å². The summed E-state index contributed by atoms with van der Waals surface area (Å²) in [4.78, 5) is 0. The Hall–Kier alpha value is -1.76. The van der Waals surface area contributed by atoms with E-state index in [0.29, 0.717) is 6.61 Å². The molecular weight excluding hydrogens is 280 g/mol. The molecule has 0 heterocycles. The van der Waals surface area contributed by atoms with Gasteiger partial charge >= 0.3 is 0 Å². The second-order valence-electron chi connectivity index (χ2n) is 7.00. The lowest BCUT2D eigenvalue weighted by Gasteiger charge is -2.26. The van der Waals surface area contributed by atoms with Crippen LogP contribution in [-0.4, -0.2) is 0 Å². The van der Waals surface area contributed by atoms with E-state index < -0.39 is 0 Å². The first-order chi connectivity index (χ1) is 11.1. The van der Waals surface area contributed by atoms with Gasteiger partial charge in [0.25, 0.3) is 0 Å². The first kappa shape index (κ1) is 17.6. The van der Waals surface area contributed by atoms with Crippen molar-refractivity contribution in [3.63, 3.8) is 0 Å². The van der Waals surface area contributed by atoms with Crippen molar-refractivity contribution in [2.45, 2.75) is 64.9 Å². The molecule has 23 heavy (non-hydrogen) atoms. The Morgan fingerprint density at radius 2 is 1.65 bits per heavy atom. The third-order valence-corrected chi connectivity index (χ3v) is 4.52. The molecule has 0 fully saturated rings. The van der Waals surface area contributed by atoms with Gasteiger partial charge < -0.3 is 4.74 Å². The summed E-state index contributed by atoms with van der Waals surface area (Å²) in [7, 11) is 0. The van der Waals surface area contributed by atoms with Crippen molar-refractivity contribution in [2.75, 3.05) is 0 Å². The van der Waals surface area contributed by atoms with Crippen LogP contribution in [0.1, 0.15) is 64.0 Å². The molecule has 0 aliphatic rings. The van der Waals surface area contributed by atoms with E-state index >= 15 is 0 Å². The number of ether oxygens (including phenoxy) is 1. The molecule has 0 N–H and O–H groups in total. The fraction of sp³-hybridized carbons (Fsp3) is 0.455. The van der Waals surface area contributed by atoms with E-state index in [1.54, 1.807) is 0 Å². The zero-order chi connectivity index (χ0) is 16.5. The molecule has 2 aromatic carbocycles. The second kappa shape index (κ2) is 8.76. The highest BCUT2D eigenvalue weighted by Gasteiger charge is 2.20. The molecule has 1 heteroatoms. The van der Waals surface area contributed by atoms with Gasteiger partial charge in [-0.1, -0.05) is 88.9 Å². The summed E-state index contributed by atoms with van der Waals surface area (Å²) in [6.07, 6.45) is 6.51. The van der Waals surface area contributed by atoms with E-state index in [2.05, 4.69) is 69.3 Å². The van der Waals surface area contributed by atoms with Gasteiger partial charge in [0.1, 0.15) is 12.4 Å². The van der Waals surface area contributed by atoms with Gasteiger partial charge in [-0.05, 0) is 35.1 Å². The molecule has 0 aromatic heterocycles. The average molecular weight is 310 g/mol. The van der Waals surface area contributed by atoms with Crippen molar-refractivity contribution in [2.24, 2.45) is 0 Å². The molecule has 0 radical (unpaired) electrons. The van der Waals surface area contributed by atoms with Crippen LogP contribution in [0.3, 0.4) is 0 Å². The zero-order valence-corrected chi connectivity index (χ0v) is 14.8. The second-order valence-corrected chi connectivity index (χ2v) is 7.00. The van der Waals surface area contributed by atoms with E-state index in [9.17, 15) is 0 Å². The first-order valence-electron chi connectivity index (χ1n) is 8.89. The predicted molar refractivity (Wildman–Crippen MR) is 99.0 cm³/mol. The highest BCUT2D eigenvalue weighted by Crippen LogP contribution is 2.31. The highest BCUT2D eigenvalue weighted by atomic mass is 16.5. The Kier molecular flexibility index (Phi) is 6.70. The predicted octanol–water partition coefficient (Wildman–Crippen LogP) is 6.51. The van der Waals surface area contributed by atoms with Crippen LogP contribution in [0, 0.1) is 0 Å². The number of hydrogen-bond acceptors (Lipinski definition) is 1. The van der Waals surface area contributed by atoms with Crippen molar-refractivity contribution in [3.8, 4) is 5.75 Å². The maximum absolute atomic E-state index is 5.97. The van der Waals surface area contributed by atoms with Gasteiger partial charge in [-0.3, -0.25) is 0 Å². The maximum Gasteiger partial charge on any atom is 0.120 e. The summed E-state index contributed by atoms with van der Waals surface area (Å²) >= 11 is 0. The monoisotopic (exact) mass is 310 g/mol. The molecule has 2 rings (SSSR count). The molecule has 0 bridgehead atoms. The van der Waals surface area contributed by atoms with Crippen molar-refractivity contribution in [1.82, 2.24) is 0 Å². The lowest BCUT2D eigenvalue weighted by atomic mass is 9.80. The van der Waals surface area contributed by atoms with Gasteiger partial charge in [-0.2, -0.15) is 0 Å². The molecular formula is C22H30O. The largest absolute Gasteiger partial charge is 0.489 e. The summed E-state index contributed by atoms with van der Waals surface area (Å²) in [5.41, 5.74) is 2.79. The van der Waals surface area contributed by atoms with Gasteiger partial charge in [0.05, 0.1) is 0 Å². The van der Waals surface area contributed by atoms with Gasteiger partial charge in [0.2, 0.25) is 0 Å². The molecule has 0 aliphatic heterocycles. The van der Waals surface area contributed by atoms with Crippen LogP contribution in [0.15, 0.2) is 54.6 Å². The molecule has 0 amide bonds. The zero-order valence-electron chi connectivity index (χ0n) is 14.8. The molecule has 0 aliphatic carbocycles. The summed E-state index contributed by atoms with van der Waals surface area (Å²) in [5.74, 6) is 0.966. The first-order valence-corrected chi connectivity index (χ1v) is 8.89. The van der Waals surface area contributed by atoms with Crippen LogP contribution in [0.2, 0.25) is 0 Å². The Labute approximate surface area is 141 Å². The minimum absolute atomic E-state index is 0.208. The van der Waals surface area contributed by atoms with Crippen molar-refractivity contribution in [1.29, 1.82) is 0 Å².